The molecule has 0 spiro atoms. The van der Waals surface area contributed by atoms with E-state index in [1.165, 1.54) is 5.56 Å². The lowest BCUT2D eigenvalue weighted by atomic mass is 10.1. The third kappa shape index (κ3) is 4.23. The van der Waals surface area contributed by atoms with Crippen LogP contribution in [0, 0.1) is 6.92 Å². The summed E-state index contributed by atoms with van der Waals surface area (Å²) in [5.41, 5.74) is 9.20. The van der Waals surface area contributed by atoms with Crippen molar-refractivity contribution < 1.29 is 0 Å². The van der Waals surface area contributed by atoms with E-state index in [4.69, 9.17) is 5.73 Å². The van der Waals surface area contributed by atoms with E-state index in [1.807, 2.05) is 43.3 Å². The second-order valence-corrected chi connectivity index (χ2v) is 4.15. The number of aromatic nitrogens is 1. The number of hydrogen-bond acceptors (Lipinski definition) is 2. The van der Waals surface area contributed by atoms with Gasteiger partial charge in [-0.15, -0.1) is 12.4 Å². The Bertz CT molecular complexity index is 564. The molecule has 0 aliphatic heterocycles. The van der Waals surface area contributed by atoms with Crippen LogP contribution in [-0.4, -0.2) is 4.98 Å². The molecule has 0 aliphatic carbocycles. The van der Waals surface area contributed by atoms with E-state index < -0.39 is 0 Å². The quantitative estimate of drug-likeness (QED) is 0.908. The molecule has 0 unspecified atom stereocenters. The first-order valence-corrected chi connectivity index (χ1v) is 5.66. The summed E-state index contributed by atoms with van der Waals surface area (Å²) < 4.78 is 0. The van der Waals surface area contributed by atoms with E-state index in [1.54, 1.807) is 0 Å². The molecule has 4 heteroatoms. The van der Waals surface area contributed by atoms with E-state index in [2.05, 4.69) is 4.98 Å². The van der Waals surface area contributed by atoms with Crippen molar-refractivity contribution in [3.8, 4) is 0 Å². The van der Waals surface area contributed by atoms with Crippen molar-refractivity contribution >= 4 is 12.4 Å². The number of aryl methyl sites for hydroxylation is 1. The van der Waals surface area contributed by atoms with Crippen molar-refractivity contribution in [1.82, 2.24) is 4.98 Å². The highest BCUT2D eigenvalue weighted by molar-refractivity contribution is 5.85. The first-order valence-electron chi connectivity index (χ1n) is 5.66. The van der Waals surface area contributed by atoms with Gasteiger partial charge in [-0.25, -0.2) is 0 Å². The van der Waals surface area contributed by atoms with Crippen LogP contribution in [0.15, 0.2) is 41.2 Å². The Kier molecular flexibility index (Phi) is 7.12. The minimum Gasteiger partial charge on any atom is -0.326 e. The fourth-order valence-electron chi connectivity index (χ4n) is 1.95. The zero-order valence-electron chi connectivity index (χ0n) is 10.3. The molecule has 1 aromatic heterocycles. The summed E-state index contributed by atoms with van der Waals surface area (Å²) in [6.45, 7) is 2.21. The summed E-state index contributed by atoms with van der Waals surface area (Å²) in [4.78, 5) is 14.6. The Hall–Kier alpha value is -1.58. The van der Waals surface area contributed by atoms with Crippen molar-refractivity contribution in [2.45, 2.75) is 27.3 Å². The topological polar surface area (TPSA) is 58.9 Å². The molecule has 0 atom stereocenters. The molecule has 2 aromatic rings. The molecule has 2 rings (SSSR count). The van der Waals surface area contributed by atoms with Crippen molar-refractivity contribution in [2.75, 3.05) is 0 Å². The Morgan fingerprint density at radius 1 is 1.21 bits per heavy atom. The predicted molar refractivity (Wildman–Crippen MR) is 82.9 cm³/mol. The lowest BCUT2D eigenvalue weighted by Gasteiger charge is -2.06. The SMILES string of the molecule is C.Cc1cc(Cc2ccccc2)[nH]c(=O)c1CN.Cl. The van der Waals surface area contributed by atoms with Crippen LogP contribution in [0.2, 0.25) is 0 Å². The van der Waals surface area contributed by atoms with E-state index >= 15 is 0 Å². The molecular formula is C15H21ClN2O. The van der Waals surface area contributed by atoms with Gasteiger partial charge in [0.1, 0.15) is 0 Å². The first kappa shape index (κ1) is 17.4. The summed E-state index contributed by atoms with van der Waals surface area (Å²) >= 11 is 0. The number of nitrogens with one attached hydrogen (secondary N) is 1. The van der Waals surface area contributed by atoms with Crippen LogP contribution in [0.5, 0.6) is 0 Å². The van der Waals surface area contributed by atoms with E-state index in [0.717, 1.165) is 17.7 Å². The van der Waals surface area contributed by atoms with Gasteiger partial charge in [0.2, 0.25) is 0 Å². The van der Waals surface area contributed by atoms with Gasteiger partial charge in [0, 0.05) is 24.2 Å². The minimum absolute atomic E-state index is 0. The summed E-state index contributed by atoms with van der Waals surface area (Å²) in [5.74, 6) is 0. The Morgan fingerprint density at radius 3 is 2.37 bits per heavy atom. The zero-order valence-corrected chi connectivity index (χ0v) is 11.1. The van der Waals surface area contributed by atoms with Gasteiger partial charge in [0.15, 0.2) is 0 Å². The number of aromatic amines is 1. The van der Waals surface area contributed by atoms with Crippen LogP contribution in [0.25, 0.3) is 0 Å². The number of halogens is 1. The molecule has 0 aliphatic rings. The molecular weight excluding hydrogens is 260 g/mol. The molecule has 104 valence electrons. The molecule has 0 saturated carbocycles. The number of benzene rings is 1. The highest BCUT2D eigenvalue weighted by Crippen LogP contribution is 2.09. The van der Waals surface area contributed by atoms with Crippen LogP contribution in [0.3, 0.4) is 0 Å². The van der Waals surface area contributed by atoms with Gasteiger partial charge in [-0.3, -0.25) is 4.79 Å². The number of nitrogens with two attached hydrogens (primary N) is 1. The summed E-state index contributed by atoms with van der Waals surface area (Å²) in [6.07, 6.45) is 0.738. The lowest BCUT2D eigenvalue weighted by molar-refractivity contribution is 0.952. The Balaban J connectivity index is 0.00000162. The third-order valence-corrected chi connectivity index (χ3v) is 2.86. The van der Waals surface area contributed by atoms with Crippen molar-refractivity contribution in [3.63, 3.8) is 0 Å². The highest BCUT2D eigenvalue weighted by Gasteiger charge is 2.05. The van der Waals surface area contributed by atoms with Crippen molar-refractivity contribution in [1.29, 1.82) is 0 Å². The van der Waals surface area contributed by atoms with Gasteiger partial charge in [-0.2, -0.15) is 0 Å². The van der Waals surface area contributed by atoms with Gasteiger partial charge in [0.25, 0.3) is 5.56 Å². The molecule has 0 saturated heterocycles. The smallest absolute Gasteiger partial charge is 0.252 e. The second-order valence-electron chi connectivity index (χ2n) is 4.15. The lowest BCUT2D eigenvalue weighted by Crippen LogP contribution is -2.19. The fourth-order valence-corrected chi connectivity index (χ4v) is 1.95. The second kappa shape index (κ2) is 7.77. The Labute approximate surface area is 120 Å². The van der Waals surface area contributed by atoms with E-state index in [9.17, 15) is 4.79 Å². The first-order chi connectivity index (χ1) is 8.20. The van der Waals surface area contributed by atoms with Crippen LogP contribution in [0.4, 0.5) is 0 Å². The predicted octanol–water partition coefficient (Wildman–Crippen LogP) is 2.79. The summed E-state index contributed by atoms with van der Waals surface area (Å²) in [6, 6.07) is 12.1. The van der Waals surface area contributed by atoms with Gasteiger partial charge in [-0.1, -0.05) is 37.8 Å². The normalized spacial score (nSPS) is 9.37. The fraction of sp³-hybridized carbons (Fsp3) is 0.267. The molecule has 19 heavy (non-hydrogen) atoms. The van der Waals surface area contributed by atoms with Gasteiger partial charge >= 0.3 is 0 Å². The standard InChI is InChI=1S/C14H16N2O.CH4.ClH/c1-10-7-12(16-14(17)13(10)9-15)8-11-5-3-2-4-6-11;;/h2-7H,8-9,15H2,1H3,(H,16,17);1H4;1H. The largest absolute Gasteiger partial charge is 0.326 e. The highest BCUT2D eigenvalue weighted by atomic mass is 35.5. The minimum atomic E-state index is -0.0709. The average molecular weight is 281 g/mol. The maximum atomic E-state index is 11.7. The molecule has 3 N–H and O–H groups in total. The van der Waals surface area contributed by atoms with Crippen LogP contribution in [-0.2, 0) is 13.0 Å². The van der Waals surface area contributed by atoms with Crippen LogP contribution >= 0.6 is 12.4 Å². The summed E-state index contributed by atoms with van der Waals surface area (Å²) in [7, 11) is 0. The summed E-state index contributed by atoms with van der Waals surface area (Å²) in [5, 5.41) is 0. The Morgan fingerprint density at radius 2 is 1.84 bits per heavy atom. The third-order valence-electron chi connectivity index (χ3n) is 2.86. The maximum Gasteiger partial charge on any atom is 0.252 e. The monoisotopic (exact) mass is 280 g/mol. The van der Waals surface area contributed by atoms with Gasteiger partial charge in [-0.05, 0) is 24.1 Å². The number of pyridine rings is 1. The van der Waals surface area contributed by atoms with Gasteiger partial charge in [0.05, 0.1) is 0 Å². The average Bonchev–Trinajstić information content (AvgIpc) is 2.30. The molecule has 0 fully saturated rings. The number of H-pyrrole nitrogens is 1. The van der Waals surface area contributed by atoms with Crippen LogP contribution < -0.4 is 11.3 Å². The number of hydrogen-bond donors (Lipinski definition) is 2. The molecule has 0 radical (unpaired) electrons. The van der Waals surface area contributed by atoms with Gasteiger partial charge < -0.3 is 10.7 Å². The molecule has 1 heterocycles. The molecule has 0 bridgehead atoms. The van der Waals surface area contributed by atoms with E-state index in [-0.39, 0.29) is 31.9 Å². The molecule has 0 amide bonds. The molecule has 3 nitrogen and oxygen atoms in total. The zero-order chi connectivity index (χ0) is 12.3. The number of rotatable bonds is 3. The van der Waals surface area contributed by atoms with Crippen LogP contribution in [0.1, 0.15) is 29.8 Å². The van der Waals surface area contributed by atoms with Crippen molar-refractivity contribution in [2.24, 2.45) is 5.73 Å². The maximum absolute atomic E-state index is 11.7. The van der Waals surface area contributed by atoms with Crippen molar-refractivity contribution in [3.05, 3.63) is 69.1 Å². The molecule has 1 aromatic carbocycles. The van der Waals surface area contributed by atoms with E-state index in [0.29, 0.717) is 5.56 Å².